The van der Waals surface area contributed by atoms with Crippen LogP contribution < -0.4 is 11.1 Å². The minimum atomic E-state index is -4.81. The molecule has 0 bridgehead atoms. The second-order valence-corrected chi connectivity index (χ2v) is 4.46. The van der Waals surface area contributed by atoms with Crippen molar-refractivity contribution in [2.75, 3.05) is 5.32 Å². The summed E-state index contributed by atoms with van der Waals surface area (Å²) in [5.74, 6) is -1.32. The molecule has 102 valence electrons. The van der Waals surface area contributed by atoms with Crippen molar-refractivity contribution in [1.82, 2.24) is 9.78 Å². The van der Waals surface area contributed by atoms with Gasteiger partial charge in [0, 0.05) is 12.2 Å². The van der Waals surface area contributed by atoms with Crippen molar-refractivity contribution < 1.29 is 18.0 Å². The van der Waals surface area contributed by atoms with Gasteiger partial charge in [0.2, 0.25) is 0 Å². The van der Waals surface area contributed by atoms with Gasteiger partial charge in [0.1, 0.15) is 0 Å². The molecule has 0 aliphatic heterocycles. The number of carbonyl (C=O) groups excluding carboxylic acids is 1. The molecular formula is C10H15F3N4O. The highest BCUT2D eigenvalue weighted by atomic mass is 19.4. The highest BCUT2D eigenvalue weighted by molar-refractivity contribution is 5.98. The van der Waals surface area contributed by atoms with E-state index in [0.717, 1.165) is 0 Å². The SMILES string of the molecule is CC(C)n1cc(NC(=O)C(C)(N)C(F)(F)F)cn1. The van der Waals surface area contributed by atoms with Crippen LogP contribution in [0.5, 0.6) is 0 Å². The van der Waals surface area contributed by atoms with E-state index in [2.05, 4.69) is 10.4 Å². The van der Waals surface area contributed by atoms with Gasteiger partial charge in [-0.15, -0.1) is 0 Å². The van der Waals surface area contributed by atoms with Crippen LogP contribution in [0.4, 0.5) is 18.9 Å². The van der Waals surface area contributed by atoms with Gasteiger partial charge in [0.15, 0.2) is 5.54 Å². The van der Waals surface area contributed by atoms with Crippen molar-refractivity contribution >= 4 is 11.6 Å². The van der Waals surface area contributed by atoms with Crippen LogP contribution in [0.1, 0.15) is 26.8 Å². The van der Waals surface area contributed by atoms with Gasteiger partial charge in [-0.2, -0.15) is 18.3 Å². The molecule has 0 aliphatic rings. The Bertz CT molecular complexity index is 437. The number of amides is 1. The third kappa shape index (κ3) is 2.81. The standard InChI is InChI=1S/C10H15F3N4O/c1-6(2)17-5-7(4-15-17)16-8(18)9(3,14)10(11,12)13/h4-6H,14H2,1-3H3,(H,16,18). The molecule has 0 spiro atoms. The summed E-state index contributed by atoms with van der Waals surface area (Å²) in [4.78, 5) is 11.5. The molecule has 0 saturated carbocycles. The number of carbonyl (C=O) groups is 1. The molecule has 1 aromatic rings. The number of hydrogen-bond acceptors (Lipinski definition) is 3. The normalized spacial score (nSPS) is 15.6. The molecule has 1 unspecified atom stereocenters. The Balaban J connectivity index is 2.82. The Morgan fingerprint density at radius 1 is 1.50 bits per heavy atom. The summed E-state index contributed by atoms with van der Waals surface area (Å²) in [5.41, 5.74) is 2.23. The fourth-order valence-corrected chi connectivity index (χ4v) is 1.07. The molecule has 18 heavy (non-hydrogen) atoms. The van der Waals surface area contributed by atoms with Crippen LogP contribution in [0.2, 0.25) is 0 Å². The summed E-state index contributed by atoms with van der Waals surface area (Å²) in [6.07, 6.45) is -2.11. The molecule has 1 amide bonds. The Morgan fingerprint density at radius 2 is 2.06 bits per heavy atom. The summed E-state index contributed by atoms with van der Waals surface area (Å²) in [6, 6.07) is 0.0440. The average molecular weight is 264 g/mol. The van der Waals surface area contributed by atoms with Crippen LogP contribution in [0.15, 0.2) is 12.4 Å². The minimum Gasteiger partial charge on any atom is -0.322 e. The topological polar surface area (TPSA) is 72.9 Å². The summed E-state index contributed by atoms with van der Waals surface area (Å²) < 4.78 is 39.1. The predicted octanol–water partition coefficient (Wildman–Crippen LogP) is 1.68. The second-order valence-electron chi connectivity index (χ2n) is 4.46. The summed E-state index contributed by atoms with van der Waals surface area (Å²) in [7, 11) is 0. The molecule has 1 heterocycles. The zero-order chi connectivity index (χ0) is 14.1. The number of nitrogens with zero attached hydrogens (tertiary/aromatic N) is 2. The van der Waals surface area contributed by atoms with E-state index >= 15 is 0 Å². The van der Waals surface area contributed by atoms with Gasteiger partial charge in [0.25, 0.3) is 5.91 Å². The first-order valence-corrected chi connectivity index (χ1v) is 5.27. The number of alkyl halides is 3. The second kappa shape index (κ2) is 4.60. The monoisotopic (exact) mass is 264 g/mol. The average Bonchev–Trinajstić information content (AvgIpc) is 2.64. The van der Waals surface area contributed by atoms with E-state index in [1.54, 1.807) is 0 Å². The van der Waals surface area contributed by atoms with Crippen molar-refractivity contribution in [2.24, 2.45) is 5.73 Å². The zero-order valence-corrected chi connectivity index (χ0v) is 10.2. The third-order valence-electron chi connectivity index (χ3n) is 2.45. The molecular weight excluding hydrogens is 249 g/mol. The van der Waals surface area contributed by atoms with Gasteiger partial charge in [-0.25, -0.2) is 0 Å². The van der Waals surface area contributed by atoms with E-state index in [1.807, 2.05) is 13.8 Å². The number of anilines is 1. The van der Waals surface area contributed by atoms with Gasteiger partial charge < -0.3 is 11.1 Å². The first-order valence-electron chi connectivity index (χ1n) is 5.27. The Kier molecular flexibility index (Phi) is 3.70. The smallest absolute Gasteiger partial charge is 0.322 e. The van der Waals surface area contributed by atoms with Gasteiger partial charge in [-0.1, -0.05) is 0 Å². The van der Waals surface area contributed by atoms with Crippen molar-refractivity contribution in [3.63, 3.8) is 0 Å². The lowest BCUT2D eigenvalue weighted by molar-refractivity contribution is -0.184. The number of aromatic nitrogens is 2. The van der Waals surface area contributed by atoms with Gasteiger partial charge in [-0.3, -0.25) is 9.48 Å². The molecule has 1 rings (SSSR count). The largest absolute Gasteiger partial charge is 0.415 e. The molecule has 8 heteroatoms. The van der Waals surface area contributed by atoms with Crippen molar-refractivity contribution in [3.05, 3.63) is 12.4 Å². The molecule has 1 aromatic heterocycles. The number of rotatable bonds is 3. The molecule has 0 fully saturated rings. The van der Waals surface area contributed by atoms with Gasteiger partial charge >= 0.3 is 6.18 Å². The third-order valence-corrected chi connectivity index (χ3v) is 2.45. The molecule has 5 nitrogen and oxygen atoms in total. The molecule has 3 N–H and O–H groups in total. The number of hydrogen-bond donors (Lipinski definition) is 2. The highest BCUT2D eigenvalue weighted by Gasteiger charge is 2.54. The molecule has 0 radical (unpaired) electrons. The van der Waals surface area contributed by atoms with E-state index in [-0.39, 0.29) is 11.7 Å². The lowest BCUT2D eigenvalue weighted by atomic mass is 10.0. The maximum Gasteiger partial charge on any atom is 0.415 e. The van der Waals surface area contributed by atoms with Gasteiger partial charge in [-0.05, 0) is 20.8 Å². The van der Waals surface area contributed by atoms with E-state index in [4.69, 9.17) is 5.73 Å². The number of nitrogens with two attached hydrogens (primary N) is 1. The first-order chi connectivity index (χ1) is 8.05. The fraction of sp³-hybridized carbons (Fsp3) is 0.600. The highest BCUT2D eigenvalue weighted by Crippen LogP contribution is 2.29. The predicted molar refractivity (Wildman–Crippen MR) is 59.9 cm³/mol. The lowest BCUT2D eigenvalue weighted by Gasteiger charge is -2.25. The van der Waals surface area contributed by atoms with Crippen molar-refractivity contribution in [1.29, 1.82) is 0 Å². The lowest BCUT2D eigenvalue weighted by Crippen LogP contribution is -2.59. The van der Waals surface area contributed by atoms with Crippen LogP contribution >= 0.6 is 0 Å². The number of nitrogens with one attached hydrogen (secondary N) is 1. The summed E-state index contributed by atoms with van der Waals surface area (Å²) in [5, 5.41) is 5.99. The minimum absolute atomic E-state index is 0.0440. The maximum atomic E-state index is 12.5. The quantitative estimate of drug-likeness (QED) is 0.872. The zero-order valence-electron chi connectivity index (χ0n) is 10.2. The summed E-state index contributed by atoms with van der Waals surface area (Å²) in [6.45, 7) is 4.32. The first kappa shape index (κ1) is 14.5. The fourth-order valence-electron chi connectivity index (χ4n) is 1.07. The van der Waals surface area contributed by atoms with Gasteiger partial charge in [0.05, 0.1) is 11.9 Å². The maximum absolute atomic E-state index is 12.5. The van der Waals surface area contributed by atoms with E-state index in [0.29, 0.717) is 6.92 Å². The number of halogens is 3. The molecule has 0 saturated heterocycles. The Labute approximate surface area is 102 Å². The van der Waals surface area contributed by atoms with Crippen LogP contribution in [0.3, 0.4) is 0 Å². The van der Waals surface area contributed by atoms with E-state index in [1.165, 1.54) is 17.1 Å². The van der Waals surface area contributed by atoms with E-state index in [9.17, 15) is 18.0 Å². The van der Waals surface area contributed by atoms with Crippen LogP contribution in [-0.4, -0.2) is 27.4 Å². The molecule has 0 aromatic carbocycles. The van der Waals surface area contributed by atoms with Crippen LogP contribution in [0, 0.1) is 0 Å². The summed E-state index contributed by atoms with van der Waals surface area (Å²) >= 11 is 0. The van der Waals surface area contributed by atoms with Crippen molar-refractivity contribution in [3.8, 4) is 0 Å². The van der Waals surface area contributed by atoms with Crippen molar-refractivity contribution in [2.45, 2.75) is 38.5 Å². The van der Waals surface area contributed by atoms with E-state index < -0.39 is 17.6 Å². The van der Waals surface area contributed by atoms with Crippen LogP contribution in [0.25, 0.3) is 0 Å². The molecule has 0 aliphatic carbocycles. The Morgan fingerprint density at radius 3 is 2.44 bits per heavy atom. The Hall–Kier alpha value is -1.57. The molecule has 1 atom stereocenters. The van der Waals surface area contributed by atoms with Crippen LogP contribution in [-0.2, 0) is 4.79 Å².